The second-order valence-corrected chi connectivity index (χ2v) is 17.3. The minimum atomic E-state index is -1.63. The summed E-state index contributed by atoms with van der Waals surface area (Å²) in [5.74, 6) is -4.20. The Morgan fingerprint density at radius 3 is 1.27 bits per heavy atom. The lowest BCUT2D eigenvalue weighted by Crippen LogP contribution is -2.33. The highest BCUT2D eigenvalue weighted by molar-refractivity contribution is 6.46. The van der Waals surface area contributed by atoms with Gasteiger partial charge in [0.1, 0.15) is 11.4 Å². The Morgan fingerprint density at radius 1 is 0.500 bits per heavy atom. The van der Waals surface area contributed by atoms with Gasteiger partial charge in [0.2, 0.25) is 12.1 Å². The molecule has 0 spiro atoms. The number of hydrogen-bond donors (Lipinski definition) is 4. The first-order chi connectivity index (χ1) is 31.2. The van der Waals surface area contributed by atoms with Crippen LogP contribution in [-0.4, -0.2) is 47.3 Å². The molecule has 5 aromatic carbocycles. The van der Waals surface area contributed by atoms with Crippen molar-refractivity contribution in [1.29, 1.82) is 0 Å². The van der Waals surface area contributed by atoms with Crippen LogP contribution < -0.4 is 21.3 Å². The molecule has 2 atom stereocenters. The summed E-state index contributed by atoms with van der Waals surface area (Å²) in [6.45, 7) is 5.93. The zero-order chi connectivity index (χ0) is 48.6. The lowest BCUT2D eigenvalue weighted by atomic mass is 10.0. The van der Waals surface area contributed by atoms with Crippen molar-refractivity contribution in [3.63, 3.8) is 0 Å². The van der Waals surface area contributed by atoms with Crippen molar-refractivity contribution in [3.8, 4) is 0 Å². The summed E-state index contributed by atoms with van der Waals surface area (Å²) in [7, 11) is 0. The smallest absolute Gasteiger partial charge is 0.258 e. The summed E-state index contributed by atoms with van der Waals surface area (Å²) in [4.78, 5) is 78.9. The van der Waals surface area contributed by atoms with Crippen molar-refractivity contribution in [2.24, 2.45) is 20.5 Å². The predicted molar refractivity (Wildman–Crippen MR) is 262 cm³/mol. The second kappa shape index (κ2) is 23.0. The number of amides is 4. The molecule has 0 aromatic heterocycles. The van der Waals surface area contributed by atoms with Gasteiger partial charge in [0.05, 0.1) is 41.5 Å². The molecule has 0 aliphatic rings. The standard InChI is InChI=1S/C44H34Cl8N8O6/c1-5-21-11-27(53-43(65)38(19(3)61)59-57-32-13-23(7-9-28(32)47)41(63)54-34-17-25(45)15-30(49)36(34)51)12-22(6-2)40(21)56-44(66)39(20(4)62)60-58-33-14-24(8-10-29(33)48)42(64)55-35-18-26(46)16-31(50)37(35)52/h7-18,38-39H,5-6H2,1-4H3,(H,53,65)(H,54,63)(H,55,64)(H,56,66). The van der Waals surface area contributed by atoms with Crippen LogP contribution in [0.25, 0.3) is 0 Å². The average molecular weight is 1050 g/mol. The Balaban J connectivity index is 1.32. The highest BCUT2D eigenvalue weighted by atomic mass is 35.5. The molecule has 0 fully saturated rings. The maximum Gasteiger partial charge on any atom is 0.258 e. The zero-order valence-electron chi connectivity index (χ0n) is 34.8. The van der Waals surface area contributed by atoms with Crippen LogP contribution in [0.4, 0.5) is 34.1 Å². The number of benzene rings is 5. The number of ketones is 2. The molecule has 0 bridgehead atoms. The molecule has 5 rings (SSSR count). The topological polar surface area (TPSA) is 200 Å². The monoisotopic (exact) mass is 1050 g/mol. The van der Waals surface area contributed by atoms with E-state index in [-0.39, 0.29) is 79.7 Å². The third-order valence-electron chi connectivity index (χ3n) is 9.31. The number of nitrogens with zero attached hydrogens (tertiary/aromatic N) is 4. The van der Waals surface area contributed by atoms with Crippen LogP contribution in [0.1, 0.15) is 59.5 Å². The van der Waals surface area contributed by atoms with Crippen molar-refractivity contribution in [2.45, 2.75) is 52.6 Å². The van der Waals surface area contributed by atoms with E-state index in [0.717, 1.165) is 13.8 Å². The number of hydrogen-bond acceptors (Lipinski definition) is 10. The van der Waals surface area contributed by atoms with Crippen molar-refractivity contribution >= 4 is 162 Å². The Bertz CT molecular complexity index is 2830. The molecule has 0 saturated carbocycles. The number of anilines is 4. The van der Waals surface area contributed by atoms with E-state index in [1.807, 2.05) is 13.8 Å². The Labute approximate surface area is 417 Å². The average Bonchev–Trinajstić information content (AvgIpc) is 3.25. The highest BCUT2D eigenvalue weighted by Crippen LogP contribution is 2.36. The van der Waals surface area contributed by atoms with Gasteiger partial charge >= 0.3 is 0 Å². The first kappa shape index (κ1) is 51.8. The minimum absolute atomic E-state index is 0.0172. The maximum atomic E-state index is 13.7. The lowest BCUT2D eigenvalue weighted by molar-refractivity contribution is -0.127. The fourth-order valence-electron chi connectivity index (χ4n) is 5.98. The Kier molecular flexibility index (Phi) is 18.1. The number of Topliss-reactive ketones (excluding diaryl/α,β-unsaturated/α-hetero) is 2. The zero-order valence-corrected chi connectivity index (χ0v) is 40.8. The summed E-state index contributed by atoms with van der Waals surface area (Å²) in [5.41, 5.74) is 2.19. The largest absolute Gasteiger partial charge is 0.324 e. The van der Waals surface area contributed by atoms with Gasteiger partial charge in [-0.2, -0.15) is 20.5 Å². The van der Waals surface area contributed by atoms with E-state index in [9.17, 15) is 28.8 Å². The van der Waals surface area contributed by atoms with Gasteiger partial charge in [-0.05, 0) is 111 Å². The van der Waals surface area contributed by atoms with Crippen LogP contribution in [0.3, 0.4) is 0 Å². The number of nitrogens with one attached hydrogen (secondary N) is 4. The van der Waals surface area contributed by atoms with E-state index in [0.29, 0.717) is 29.7 Å². The van der Waals surface area contributed by atoms with Gasteiger partial charge in [-0.3, -0.25) is 28.8 Å². The summed E-state index contributed by atoms with van der Waals surface area (Å²) in [6.07, 6.45) is 0.703. The van der Waals surface area contributed by atoms with E-state index in [2.05, 4.69) is 41.7 Å². The first-order valence-electron chi connectivity index (χ1n) is 19.3. The van der Waals surface area contributed by atoms with Gasteiger partial charge in [-0.25, -0.2) is 0 Å². The summed E-state index contributed by atoms with van der Waals surface area (Å²) in [6, 6.07) is 13.8. The third kappa shape index (κ3) is 13.0. The molecule has 14 nitrogen and oxygen atoms in total. The number of azo groups is 2. The van der Waals surface area contributed by atoms with Crippen LogP contribution in [0.2, 0.25) is 40.2 Å². The molecule has 0 aliphatic heterocycles. The van der Waals surface area contributed by atoms with E-state index in [1.165, 1.54) is 60.7 Å². The number of rotatable bonds is 16. The first-order valence-corrected chi connectivity index (χ1v) is 22.3. The molecule has 0 heterocycles. The normalized spacial score (nSPS) is 12.2. The SMILES string of the molecule is CCc1cc(NC(=O)C(N=Nc2cc(C(=O)Nc3cc(Cl)cc(Cl)c3Cl)ccc2Cl)C(C)=O)cc(CC)c1NC(=O)C(N=Nc1cc(C(=O)Nc2cc(Cl)cc(Cl)c2Cl)ccc1Cl)C(C)=O. The van der Waals surface area contributed by atoms with Gasteiger partial charge in [0.25, 0.3) is 23.6 Å². The minimum Gasteiger partial charge on any atom is -0.324 e. The molecular weight excluding hydrogens is 1020 g/mol. The number of carbonyl (C=O) groups is 6. The van der Waals surface area contributed by atoms with Crippen LogP contribution >= 0.6 is 92.8 Å². The molecule has 2 unspecified atom stereocenters. The maximum absolute atomic E-state index is 13.7. The number of carbonyl (C=O) groups excluding carboxylic acids is 6. The second-order valence-electron chi connectivity index (χ2n) is 14.1. The van der Waals surface area contributed by atoms with Gasteiger partial charge in [-0.15, -0.1) is 0 Å². The van der Waals surface area contributed by atoms with Gasteiger partial charge in [-0.1, -0.05) is 107 Å². The fourth-order valence-corrected chi connectivity index (χ4v) is 7.59. The summed E-state index contributed by atoms with van der Waals surface area (Å²) >= 11 is 49.4. The molecule has 0 radical (unpaired) electrons. The van der Waals surface area contributed by atoms with Gasteiger partial charge in [0.15, 0.2) is 11.6 Å². The highest BCUT2D eigenvalue weighted by Gasteiger charge is 2.27. The van der Waals surface area contributed by atoms with Crippen LogP contribution in [-0.2, 0) is 32.0 Å². The predicted octanol–water partition coefficient (Wildman–Crippen LogP) is 13.9. The van der Waals surface area contributed by atoms with Crippen LogP contribution in [0, 0.1) is 0 Å². The van der Waals surface area contributed by atoms with Gasteiger partial charge in [0, 0.05) is 32.5 Å². The number of aryl methyl sites for hydroxylation is 2. The molecule has 4 amide bonds. The van der Waals surface area contributed by atoms with E-state index < -0.39 is 47.3 Å². The van der Waals surface area contributed by atoms with Crippen molar-refractivity contribution in [2.75, 3.05) is 21.3 Å². The summed E-state index contributed by atoms with van der Waals surface area (Å²) < 4.78 is 0. The molecule has 66 heavy (non-hydrogen) atoms. The lowest BCUT2D eigenvalue weighted by Gasteiger charge is -2.19. The third-order valence-corrected chi connectivity index (χ3v) is 12.0. The van der Waals surface area contributed by atoms with E-state index in [4.69, 9.17) is 92.8 Å². The van der Waals surface area contributed by atoms with Crippen LogP contribution in [0.5, 0.6) is 0 Å². The Morgan fingerprint density at radius 2 is 0.894 bits per heavy atom. The molecule has 342 valence electrons. The fraction of sp³-hybridized carbons (Fsp3) is 0.182. The molecule has 0 aliphatic carbocycles. The van der Waals surface area contributed by atoms with E-state index in [1.54, 1.807) is 12.1 Å². The quantitative estimate of drug-likeness (QED) is 0.0430. The molecule has 4 N–H and O–H groups in total. The van der Waals surface area contributed by atoms with Gasteiger partial charge < -0.3 is 21.3 Å². The molecule has 5 aromatic rings. The number of halogens is 8. The van der Waals surface area contributed by atoms with Crippen LogP contribution in [0.15, 0.2) is 93.3 Å². The Hall–Kier alpha value is -5.16. The molecule has 22 heteroatoms. The summed E-state index contributed by atoms with van der Waals surface area (Å²) in [5, 5.41) is 27.8. The van der Waals surface area contributed by atoms with Crippen molar-refractivity contribution in [1.82, 2.24) is 0 Å². The van der Waals surface area contributed by atoms with E-state index >= 15 is 0 Å². The van der Waals surface area contributed by atoms with Crippen molar-refractivity contribution < 1.29 is 28.8 Å². The van der Waals surface area contributed by atoms with Crippen molar-refractivity contribution in [3.05, 3.63) is 135 Å². The molecular formula is C44H34Cl8N8O6. The molecule has 0 saturated heterocycles.